The van der Waals surface area contributed by atoms with Gasteiger partial charge < -0.3 is 21.1 Å². The first-order valence-electron chi connectivity index (χ1n) is 7.89. The van der Waals surface area contributed by atoms with Crippen LogP contribution in [0, 0.1) is 11.8 Å². The molecule has 1 rings (SSSR count). The SMILES string of the molecule is CCC(O)CC1CC(NCC(C)C)CN(CCN)C1. The van der Waals surface area contributed by atoms with E-state index >= 15 is 0 Å². The number of nitrogens with one attached hydrogen (secondary N) is 1. The third-order valence-electron chi connectivity index (χ3n) is 3.95. The van der Waals surface area contributed by atoms with Crippen LogP contribution in [0.15, 0.2) is 0 Å². The molecule has 1 fully saturated rings. The standard InChI is InChI=1S/C15H33N3O/c1-4-15(19)8-13-7-14(17-9-12(2)3)11-18(10-13)6-5-16/h12-15,17,19H,4-11,16H2,1-3H3. The third kappa shape index (κ3) is 6.70. The predicted octanol–water partition coefficient (Wildman–Crippen LogP) is 1.04. The Hall–Kier alpha value is -0.160. The summed E-state index contributed by atoms with van der Waals surface area (Å²) in [5.41, 5.74) is 5.69. The number of piperidine rings is 1. The molecule has 0 radical (unpaired) electrons. The third-order valence-corrected chi connectivity index (χ3v) is 3.95. The fourth-order valence-electron chi connectivity index (χ4n) is 2.94. The molecular formula is C15H33N3O. The quantitative estimate of drug-likeness (QED) is 0.617. The smallest absolute Gasteiger partial charge is 0.0540 e. The van der Waals surface area contributed by atoms with Crippen molar-refractivity contribution in [3.8, 4) is 0 Å². The molecule has 0 aromatic heterocycles. The van der Waals surface area contributed by atoms with Crippen LogP contribution in [-0.4, -0.2) is 54.9 Å². The van der Waals surface area contributed by atoms with Crippen LogP contribution in [0.1, 0.15) is 40.0 Å². The number of hydrogen-bond acceptors (Lipinski definition) is 4. The van der Waals surface area contributed by atoms with E-state index in [0.717, 1.165) is 45.6 Å². The topological polar surface area (TPSA) is 61.5 Å². The maximum atomic E-state index is 9.87. The van der Waals surface area contributed by atoms with Gasteiger partial charge in [0.2, 0.25) is 0 Å². The van der Waals surface area contributed by atoms with E-state index in [-0.39, 0.29) is 6.10 Å². The van der Waals surface area contributed by atoms with Crippen LogP contribution in [0.3, 0.4) is 0 Å². The maximum Gasteiger partial charge on any atom is 0.0540 e. The molecule has 1 aliphatic rings. The lowest BCUT2D eigenvalue weighted by Gasteiger charge is -2.39. The normalized spacial score (nSPS) is 26.8. The van der Waals surface area contributed by atoms with E-state index in [9.17, 15) is 5.11 Å². The van der Waals surface area contributed by atoms with E-state index in [2.05, 4.69) is 31.0 Å². The fraction of sp³-hybridized carbons (Fsp3) is 1.00. The highest BCUT2D eigenvalue weighted by molar-refractivity contribution is 4.85. The van der Waals surface area contributed by atoms with Crippen molar-refractivity contribution in [1.82, 2.24) is 10.2 Å². The van der Waals surface area contributed by atoms with Gasteiger partial charge >= 0.3 is 0 Å². The highest BCUT2D eigenvalue weighted by Crippen LogP contribution is 2.22. The van der Waals surface area contributed by atoms with Gasteiger partial charge in [-0.1, -0.05) is 20.8 Å². The fourth-order valence-corrected chi connectivity index (χ4v) is 2.94. The van der Waals surface area contributed by atoms with Crippen molar-refractivity contribution >= 4 is 0 Å². The Balaban J connectivity index is 2.47. The Labute approximate surface area is 118 Å². The first kappa shape index (κ1) is 16.9. The molecule has 114 valence electrons. The minimum atomic E-state index is -0.145. The molecule has 0 bridgehead atoms. The van der Waals surface area contributed by atoms with Gasteiger partial charge in [-0.15, -0.1) is 0 Å². The second kappa shape index (κ2) is 8.90. The Morgan fingerprint density at radius 3 is 2.68 bits per heavy atom. The van der Waals surface area contributed by atoms with Gasteiger partial charge in [-0.25, -0.2) is 0 Å². The first-order valence-corrected chi connectivity index (χ1v) is 7.89. The van der Waals surface area contributed by atoms with Gasteiger partial charge in [0, 0.05) is 32.2 Å². The van der Waals surface area contributed by atoms with Gasteiger partial charge in [0.25, 0.3) is 0 Å². The van der Waals surface area contributed by atoms with Gasteiger partial charge in [-0.05, 0) is 37.6 Å². The second-order valence-corrected chi connectivity index (χ2v) is 6.45. The lowest BCUT2D eigenvalue weighted by Crippen LogP contribution is -2.51. The zero-order valence-corrected chi connectivity index (χ0v) is 12.9. The van der Waals surface area contributed by atoms with Crippen LogP contribution < -0.4 is 11.1 Å². The van der Waals surface area contributed by atoms with Crippen LogP contribution in [0.2, 0.25) is 0 Å². The summed E-state index contributed by atoms with van der Waals surface area (Å²) in [5, 5.41) is 13.5. The lowest BCUT2D eigenvalue weighted by atomic mass is 9.88. The minimum Gasteiger partial charge on any atom is -0.393 e. The molecule has 0 aliphatic carbocycles. The number of nitrogens with two attached hydrogens (primary N) is 1. The van der Waals surface area contributed by atoms with Gasteiger partial charge in [0.15, 0.2) is 0 Å². The van der Waals surface area contributed by atoms with Crippen molar-refractivity contribution in [2.75, 3.05) is 32.7 Å². The van der Waals surface area contributed by atoms with E-state index in [4.69, 9.17) is 5.73 Å². The highest BCUT2D eigenvalue weighted by atomic mass is 16.3. The molecule has 4 heteroatoms. The molecule has 0 aromatic rings. The van der Waals surface area contributed by atoms with Gasteiger partial charge in [-0.2, -0.15) is 0 Å². The molecule has 1 aliphatic heterocycles. The Morgan fingerprint density at radius 1 is 1.37 bits per heavy atom. The summed E-state index contributed by atoms with van der Waals surface area (Å²) < 4.78 is 0. The van der Waals surface area contributed by atoms with E-state index in [1.165, 1.54) is 6.42 Å². The number of rotatable bonds is 8. The molecule has 0 saturated carbocycles. The van der Waals surface area contributed by atoms with Crippen LogP contribution in [-0.2, 0) is 0 Å². The summed E-state index contributed by atoms with van der Waals surface area (Å²) in [4.78, 5) is 2.45. The minimum absolute atomic E-state index is 0.145. The number of hydrogen-bond donors (Lipinski definition) is 3. The average molecular weight is 271 g/mol. The Bertz CT molecular complexity index is 235. The number of aliphatic hydroxyl groups is 1. The van der Waals surface area contributed by atoms with E-state index in [0.29, 0.717) is 17.9 Å². The van der Waals surface area contributed by atoms with Crippen LogP contribution in [0.25, 0.3) is 0 Å². The number of aliphatic hydroxyl groups excluding tert-OH is 1. The summed E-state index contributed by atoms with van der Waals surface area (Å²) in [6, 6.07) is 0.553. The molecule has 0 aromatic carbocycles. The summed E-state index contributed by atoms with van der Waals surface area (Å²) in [7, 11) is 0. The zero-order valence-electron chi connectivity index (χ0n) is 12.9. The molecule has 19 heavy (non-hydrogen) atoms. The van der Waals surface area contributed by atoms with Crippen LogP contribution in [0.4, 0.5) is 0 Å². The predicted molar refractivity (Wildman–Crippen MR) is 81.1 cm³/mol. The van der Waals surface area contributed by atoms with Crippen LogP contribution in [0.5, 0.6) is 0 Å². The van der Waals surface area contributed by atoms with Crippen molar-refractivity contribution < 1.29 is 5.11 Å². The van der Waals surface area contributed by atoms with Gasteiger partial charge in [-0.3, -0.25) is 0 Å². The molecule has 1 heterocycles. The van der Waals surface area contributed by atoms with Crippen molar-refractivity contribution in [2.24, 2.45) is 17.6 Å². The monoisotopic (exact) mass is 271 g/mol. The maximum absolute atomic E-state index is 9.87. The summed E-state index contributed by atoms with van der Waals surface area (Å²) in [5.74, 6) is 1.28. The molecular weight excluding hydrogens is 238 g/mol. The summed E-state index contributed by atoms with van der Waals surface area (Å²) >= 11 is 0. The van der Waals surface area contributed by atoms with E-state index in [1.54, 1.807) is 0 Å². The van der Waals surface area contributed by atoms with Crippen molar-refractivity contribution in [3.63, 3.8) is 0 Å². The van der Waals surface area contributed by atoms with E-state index < -0.39 is 0 Å². The largest absolute Gasteiger partial charge is 0.393 e. The summed E-state index contributed by atoms with van der Waals surface area (Å²) in [6.07, 6.45) is 2.83. The molecule has 3 unspecified atom stereocenters. The second-order valence-electron chi connectivity index (χ2n) is 6.45. The molecule has 3 atom stereocenters. The molecule has 4 N–H and O–H groups in total. The Kier molecular flexibility index (Phi) is 7.91. The first-order chi connectivity index (χ1) is 9.05. The molecule has 1 saturated heterocycles. The van der Waals surface area contributed by atoms with Crippen molar-refractivity contribution in [2.45, 2.75) is 52.2 Å². The van der Waals surface area contributed by atoms with Crippen molar-refractivity contribution in [3.05, 3.63) is 0 Å². The lowest BCUT2D eigenvalue weighted by molar-refractivity contribution is 0.0846. The molecule has 0 amide bonds. The van der Waals surface area contributed by atoms with E-state index in [1.807, 2.05) is 0 Å². The van der Waals surface area contributed by atoms with Crippen LogP contribution >= 0.6 is 0 Å². The van der Waals surface area contributed by atoms with Crippen molar-refractivity contribution in [1.29, 1.82) is 0 Å². The Morgan fingerprint density at radius 2 is 2.11 bits per heavy atom. The zero-order chi connectivity index (χ0) is 14.3. The number of nitrogens with zero attached hydrogens (tertiary/aromatic N) is 1. The summed E-state index contributed by atoms with van der Waals surface area (Å²) in [6.45, 7) is 11.5. The average Bonchev–Trinajstić information content (AvgIpc) is 2.36. The molecule has 0 spiro atoms. The van der Waals surface area contributed by atoms with Gasteiger partial charge in [0.1, 0.15) is 0 Å². The molecule has 4 nitrogen and oxygen atoms in total. The highest BCUT2D eigenvalue weighted by Gasteiger charge is 2.27. The van der Waals surface area contributed by atoms with Gasteiger partial charge in [0.05, 0.1) is 6.10 Å². The number of likely N-dealkylation sites (tertiary alicyclic amines) is 1.